The van der Waals surface area contributed by atoms with E-state index < -0.39 is 23.8 Å². The van der Waals surface area contributed by atoms with Gasteiger partial charge >= 0.3 is 5.97 Å². The highest BCUT2D eigenvalue weighted by Gasteiger charge is 2.40. The molecule has 8 nitrogen and oxygen atoms in total. The van der Waals surface area contributed by atoms with Crippen LogP contribution in [-0.4, -0.2) is 60.6 Å². The van der Waals surface area contributed by atoms with Gasteiger partial charge in [-0.25, -0.2) is 4.79 Å². The van der Waals surface area contributed by atoms with Crippen molar-refractivity contribution in [3.05, 3.63) is 18.2 Å². The largest absolute Gasteiger partial charge is 0.486 e. The van der Waals surface area contributed by atoms with E-state index in [1.807, 2.05) is 0 Å². The van der Waals surface area contributed by atoms with Crippen molar-refractivity contribution in [1.82, 2.24) is 4.90 Å². The molecular weight excluding hydrogens is 328 g/mol. The van der Waals surface area contributed by atoms with Gasteiger partial charge in [0.25, 0.3) is 0 Å². The minimum Gasteiger partial charge on any atom is -0.486 e. The molecule has 25 heavy (non-hydrogen) atoms. The summed E-state index contributed by atoms with van der Waals surface area (Å²) in [4.78, 5) is 38.8. The fourth-order valence-electron chi connectivity index (χ4n) is 2.97. The molecule has 1 N–H and O–H groups in total. The van der Waals surface area contributed by atoms with E-state index in [-0.39, 0.29) is 5.91 Å². The Morgan fingerprint density at radius 1 is 1.28 bits per heavy atom. The first-order valence-corrected chi connectivity index (χ1v) is 8.10. The zero-order valence-corrected chi connectivity index (χ0v) is 14.1. The number of carbonyl (C=O) groups excluding carboxylic acids is 2. The number of amides is 2. The van der Waals surface area contributed by atoms with Gasteiger partial charge in [-0.05, 0) is 25.5 Å². The smallest absolute Gasteiger partial charge is 0.326 e. The third kappa shape index (κ3) is 3.11. The Hall–Kier alpha value is -2.77. The Kier molecular flexibility index (Phi) is 4.52. The molecular formula is C17H20N2O6. The molecule has 1 aromatic carbocycles. The third-order valence-corrected chi connectivity index (χ3v) is 4.63. The fourth-order valence-corrected chi connectivity index (χ4v) is 2.97. The number of benzene rings is 1. The first-order chi connectivity index (χ1) is 11.9. The van der Waals surface area contributed by atoms with Gasteiger partial charge in [-0.1, -0.05) is 0 Å². The van der Waals surface area contributed by atoms with Crippen LogP contribution in [0.3, 0.4) is 0 Å². The van der Waals surface area contributed by atoms with Crippen molar-refractivity contribution >= 4 is 23.5 Å². The van der Waals surface area contributed by atoms with Crippen molar-refractivity contribution in [2.45, 2.75) is 19.4 Å². The van der Waals surface area contributed by atoms with Crippen LogP contribution in [0.2, 0.25) is 0 Å². The molecule has 0 unspecified atom stereocenters. The number of fused-ring (bicyclic) bond motifs is 1. The summed E-state index contributed by atoms with van der Waals surface area (Å²) in [6.45, 7) is 2.74. The van der Waals surface area contributed by atoms with E-state index in [9.17, 15) is 14.4 Å². The molecule has 1 fully saturated rings. The van der Waals surface area contributed by atoms with Crippen LogP contribution in [0.5, 0.6) is 11.5 Å². The first-order valence-electron chi connectivity index (χ1n) is 8.10. The second kappa shape index (κ2) is 6.62. The highest BCUT2D eigenvalue weighted by atomic mass is 16.6. The van der Waals surface area contributed by atoms with Crippen molar-refractivity contribution < 1.29 is 29.0 Å². The number of hydrogen-bond donors (Lipinski definition) is 1. The lowest BCUT2D eigenvalue weighted by molar-refractivity contribution is -0.151. The summed E-state index contributed by atoms with van der Waals surface area (Å²) in [5, 5.41) is 9.04. The number of carbonyl (C=O) groups is 3. The van der Waals surface area contributed by atoms with Crippen molar-refractivity contribution in [3.8, 4) is 11.5 Å². The summed E-state index contributed by atoms with van der Waals surface area (Å²) in [7, 11) is 1.40. The minimum absolute atomic E-state index is 0.328. The standard InChI is InChI=1S/C17H20N2O6/c1-10(17(22)23)18(2)15(20)12-5-6-19(16(12)21)11-3-4-13-14(9-11)25-8-7-24-13/h3-4,9-10,12H,5-8H2,1-2H3,(H,22,23)/t10-,12-/m1/s1. The molecule has 0 bridgehead atoms. The molecule has 2 atom stereocenters. The van der Waals surface area contributed by atoms with Gasteiger partial charge in [0.05, 0.1) is 0 Å². The molecule has 8 heteroatoms. The Bertz CT molecular complexity index is 719. The summed E-state index contributed by atoms with van der Waals surface area (Å²) >= 11 is 0. The number of carboxylic acid groups (broad SMARTS) is 1. The number of nitrogens with zero attached hydrogens (tertiary/aromatic N) is 2. The molecule has 3 rings (SSSR count). The highest BCUT2D eigenvalue weighted by molar-refractivity contribution is 6.10. The van der Waals surface area contributed by atoms with Crippen LogP contribution in [0, 0.1) is 5.92 Å². The molecule has 0 aromatic heterocycles. The van der Waals surface area contributed by atoms with Crippen LogP contribution < -0.4 is 14.4 Å². The average molecular weight is 348 g/mol. The maximum absolute atomic E-state index is 12.7. The molecule has 134 valence electrons. The van der Waals surface area contributed by atoms with Crippen LogP contribution in [-0.2, 0) is 14.4 Å². The predicted octanol–water partition coefficient (Wildman–Crippen LogP) is 0.742. The zero-order chi connectivity index (χ0) is 18.1. The van der Waals surface area contributed by atoms with Crippen LogP contribution in [0.1, 0.15) is 13.3 Å². The molecule has 2 aliphatic rings. The van der Waals surface area contributed by atoms with Crippen LogP contribution in [0.4, 0.5) is 5.69 Å². The fraction of sp³-hybridized carbons (Fsp3) is 0.471. The second-order valence-corrected chi connectivity index (χ2v) is 6.12. The van der Waals surface area contributed by atoms with Crippen LogP contribution in [0.25, 0.3) is 0 Å². The lowest BCUT2D eigenvalue weighted by atomic mass is 10.1. The summed E-state index contributed by atoms with van der Waals surface area (Å²) in [5.74, 6) is -1.57. The quantitative estimate of drug-likeness (QED) is 0.807. The van der Waals surface area contributed by atoms with E-state index in [4.69, 9.17) is 14.6 Å². The van der Waals surface area contributed by atoms with Crippen molar-refractivity contribution in [3.63, 3.8) is 0 Å². The summed E-state index contributed by atoms with van der Waals surface area (Å²) < 4.78 is 11.0. The average Bonchev–Trinajstić information content (AvgIpc) is 3.00. The summed E-state index contributed by atoms with van der Waals surface area (Å²) in [6.07, 6.45) is 0.350. The number of anilines is 1. The molecule has 1 saturated heterocycles. The van der Waals surface area contributed by atoms with Crippen molar-refractivity contribution in [2.75, 3.05) is 31.7 Å². The molecule has 0 saturated carbocycles. The van der Waals surface area contributed by atoms with Crippen molar-refractivity contribution in [1.29, 1.82) is 0 Å². The number of aliphatic carboxylic acids is 1. The van der Waals surface area contributed by atoms with Crippen LogP contribution >= 0.6 is 0 Å². The topological polar surface area (TPSA) is 96.4 Å². The maximum atomic E-state index is 12.7. The van der Waals surface area contributed by atoms with Gasteiger partial charge in [-0.2, -0.15) is 0 Å². The molecule has 0 spiro atoms. The van der Waals surface area contributed by atoms with E-state index in [1.165, 1.54) is 18.9 Å². The van der Waals surface area contributed by atoms with Gasteiger partial charge in [0, 0.05) is 25.3 Å². The van der Waals surface area contributed by atoms with Gasteiger partial charge < -0.3 is 24.4 Å². The van der Waals surface area contributed by atoms with E-state index in [1.54, 1.807) is 18.2 Å². The normalized spacial score (nSPS) is 20.3. The number of hydrogen-bond acceptors (Lipinski definition) is 5. The van der Waals surface area contributed by atoms with E-state index in [0.717, 1.165) is 4.90 Å². The summed E-state index contributed by atoms with van der Waals surface area (Å²) in [5.41, 5.74) is 0.637. The first kappa shape index (κ1) is 17.1. The Morgan fingerprint density at radius 3 is 2.64 bits per heavy atom. The van der Waals surface area contributed by atoms with Crippen molar-refractivity contribution in [2.24, 2.45) is 5.92 Å². The molecule has 2 aliphatic heterocycles. The SMILES string of the molecule is C[C@H](C(=O)O)N(C)C(=O)[C@H]1CCN(c2ccc3c(c2)OCCO3)C1=O. The monoisotopic (exact) mass is 348 g/mol. The highest BCUT2D eigenvalue weighted by Crippen LogP contribution is 2.36. The molecule has 0 aliphatic carbocycles. The van der Waals surface area contributed by atoms with E-state index in [2.05, 4.69) is 0 Å². The summed E-state index contributed by atoms with van der Waals surface area (Å²) in [6, 6.07) is 4.24. The van der Waals surface area contributed by atoms with Gasteiger partial charge in [0.15, 0.2) is 11.5 Å². The molecule has 2 heterocycles. The number of ether oxygens (including phenoxy) is 2. The zero-order valence-electron chi connectivity index (χ0n) is 14.1. The second-order valence-electron chi connectivity index (χ2n) is 6.12. The molecule has 1 aromatic rings. The van der Waals surface area contributed by atoms with E-state index >= 15 is 0 Å². The minimum atomic E-state index is -1.11. The van der Waals surface area contributed by atoms with Gasteiger partial charge in [0.1, 0.15) is 25.2 Å². The van der Waals surface area contributed by atoms with Crippen LogP contribution in [0.15, 0.2) is 18.2 Å². The van der Waals surface area contributed by atoms with Gasteiger partial charge in [0.2, 0.25) is 11.8 Å². The molecule has 2 amide bonds. The predicted molar refractivity (Wildman–Crippen MR) is 87.8 cm³/mol. The lowest BCUT2D eigenvalue weighted by Gasteiger charge is -2.25. The number of likely N-dealkylation sites (N-methyl/N-ethyl adjacent to an activating group) is 1. The lowest BCUT2D eigenvalue weighted by Crippen LogP contribution is -2.45. The Morgan fingerprint density at radius 2 is 1.96 bits per heavy atom. The van der Waals surface area contributed by atoms with E-state index in [0.29, 0.717) is 43.4 Å². The third-order valence-electron chi connectivity index (χ3n) is 4.63. The Balaban J connectivity index is 1.75. The van der Waals surface area contributed by atoms with Gasteiger partial charge in [-0.15, -0.1) is 0 Å². The number of rotatable bonds is 4. The maximum Gasteiger partial charge on any atom is 0.326 e. The molecule has 0 radical (unpaired) electrons. The Labute approximate surface area is 144 Å². The number of carboxylic acids is 1. The van der Waals surface area contributed by atoms with Gasteiger partial charge in [-0.3, -0.25) is 9.59 Å².